The molecule has 0 saturated heterocycles. The normalized spacial score (nSPS) is 21.6. The van der Waals surface area contributed by atoms with Crippen molar-refractivity contribution in [1.29, 1.82) is 0 Å². The van der Waals surface area contributed by atoms with E-state index in [2.05, 4.69) is 0 Å². The van der Waals surface area contributed by atoms with Gasteiger partial charge in [0.1, 0.15) is 0 Å². The Hall–Kier alpha value is 0.490. The maximum absolute atomic E-state index is 11.3. The zero-order valence-corrected chi connectivity index (χ0v) is 8.87. The Labute approximate surface area is 82.9 Å². The number of sulfonamides is 1. The van der Waals surface area contributed by atoms with Gasteiger partial charge in [0.25, 0.3) is 0 Å². The zero-order valence-electron chi connectivity index (χ0n) is 6.54. The molecular weight excluding hydrogens is 221 g/mol. The van der Waals surface area contributed by atoms with Gasteiger partial charge in [-0.1, -0.05) is 19.3 Å². The smallest absolute Gasteiger partial charge is 0.210 e. The maximum Gasteiger partial charge on any atom is 0.244 e. The molecule has 1 saturated carbocycles. The third-order valence-corrected chi connectivity index (χ3v) is 5.02. The molecule has 0 spiro atoms. The second kappa shape index (κ2) is 4.13. The highest BCUT2D eigenvalue weighted by Gasteiger charge is 2.31. The number of rotatable bonds is 2. The number of halogens is 2. The molecular formula is C6H11Cl2NO2S. The largest absolute Gasteiger partial charge is 0.244 e. The van der Waals surface area contributed by atoms with Crippen LogP contribution in [0.5, 0.6) is 0 Å². The lowest BCUT2D eigenvalue weighted by molar-refractivity contribution is 0.476. The van der Waals surface area contributed by atoms with Crippen molar-refractivity contribution in [2.45, 2.75) is 37.4 Å². The van der Waals surface area contributed by atoms with Gasteiger partial charge in [0, 0.05) is 23.6 Å². The second-order valence-electron chi connectivity index (χ2n) is 2.98. The predicted octanol–water partition coefficient (Wildman–Crippen LogP) is 2.26. The zero-order chi connectivity index (χ0) is 9.19. The fourth-order valence-electron chi connectivity index (χ4n) is 1.48. The van der Waals surface area contributed by atoms with Crippen LogP contribution in [0.2, 0.25) is 0 Å². The molecule has 0 N–H and O–H groups in total. The molecule has 0 aromatic rings. The minimum atomic E-state index is -3.44. The third-order valence-electron chi connectivity index (χ3n) is 2.17. The molecule has 0 amide bonds. The first-order chi connectivity index (χ1) is 5.55. The van der Waals surface area contributed by atoms with Crippen LogP contribution >= 0.6 is 23.6 Å². The van der Waals surface area contributed by atoms with Crippen LogP contribution in [0.1, 0.15) is 32.1 Å². The Morgan fingerprint density at radius 2 is 1.58 bits per heavy atom. The topological polar surface area (TPSA) is 37.4 Å². The Bertz CT molecular complexity index is 234. The molecule has 0 atom stereocenters. The molecule has 0 heterocycles. The van der Waals surface area contributed by atoms with E-state index in [4.69, 9.17) is 23.6 Å². The van der Waals surface area contributed by atoms with Crippen LogP contribution in [0.4, 0.5) is 0 Å². The Morgan fingerprint density at radius 1 is 1.08 bits per heavy atom. The van der Waals surface area contributed by atoms with Crippen LogP contribution in [0, 0.1) is 0 Å². The van der Waals surface area contributed by atoms with Crippen LogP contribution in [0.15, 0.2) is 0 Å². The Morgan fingerprint density at radius 3 is 2.00 bits per heavy atom. The first-order valence-electron chi connectivity index (χ1n) is 3.91. The summed E-state index contributed by atoms with van der Waals surface area (Å²) in [4.78, 5) is 0. The summed E-state index contributed by atoms with van der Waals surface area (Å²) in [7, 11) is -3.44. The van der Waals surface area contributed by atoms with E-state index in [0.29, 0.717) is 16.2 Å². The van der Waals surface area contributed by atoms with Gasteiger partial charge in [-0.05, 0) is 16.2 Å². The van der Waals surface area contributed by atoms with Gasteiger partial charge in [-0.2, -0.15) is 0 Å². The van der Waals surface area contributed by atoms with Crippen molar-refractivity contribution < 1.29 is 8.42 Å². The van der Waals surface area contributed by atoms with Crippen molar-refractivity contribution >= 4 is 33.6 Å². The van der Waals surface area contributed by atoms with Crippen molar-refractivity contribution in [3.63, 3.8) is 0 Å². The molecule has 0 unspecified atom stereocenters. The van der Waals surface area contributed by atoms with Crippen LogP contribution in [-0.4, -0.2) is 17.0 Å². The molecule has 0 aromatic carbocycles. The minimum Gasteiger partial charge on any atom is -0.210 e. The van der Waals surface area contributed by atoms with E-state index in [1.54, 1.807) is 0 Å². The van der Waals surface area contributed by atoms with Gasteiger partial charge in [-0.25, -0.2) is 8.42 Å². The van der Waals surface area contributed by atoms with Gasteiger partial charge in [0.15, 0.2) is 0 Å². The molecule has 72 valence electrons. The molecule has 0 bridgehead atoms. The van der Waals surface area contributed by atoms with Crippen molar-refractivity contribution in [3.05, 3.63) is 0 Å². The van der Waals surface area contributed by atoms with Gasteiger partial charge in [0.2, 0.25) is 10.0 Å². The standard InChI is InChI=1S/C6H11Cl2NO2S/c7-9(8)12(10,11)6-4-2-1-3-5-6/h6H,1-5H2. The molecule has 1 aliphatic rings. The molecule has 6 heteroatoms. The van der Waals surface area contributed by atoms with Crippen molar-refractivity contribution in [2.75, 3.05) is 0 Å². The summed E-state index contributed by atoms with van der Waals surface area (Å²) in [6.45, 7) is 0. The molecule has 0 aliphatic heterocycles. The second-order valence-corrected chi connectivity index (χ2v) is 6.29. The van der Waals surface area contributed by atoms with Gasteiger partial charge >= 0.3 is 0 Å². The highest BCUT2D eigenvalue weighted by atomic mass is 35.5. The van der Waals surface area contributed by atoms with Gasteiger partial charge in [-0.15, -0.1) is 0 Å². The molecule has 0 radical (unpaired) electrons. The SMILES string of the molecule is O=S(=O)(C1CCCCC1)N(Cl)Cl. The van der Waals surface area contributed by atoms with Gasteiger partial charge in [-0.3, -0.25) is 0 Å². The summed E-state index contributed by atoms with van der Waals surface area (Å²) in [5, 5.41) is -0.374. The van der Waals surface area contributed by atoms with Crippen LogP contribution < -0.4 is 0 Å². The monoisotopic (exact) mass is 231 g/mol. The van der Waals surface area contributed by atoms with Crippen LogP contribution in [0.25, 0.3) is 0 Å². The van der Waals surface area contributed by atoms with Crippen LogP contribution in [0.3, 0.4) is 0 Å². The van der Waals surface area contributed by atoms with Crippen LogP contribution in [-0.2, 0) is 10.0 Å². The summed E-state index contributed by atoms with van der Waals surface area (Å²) >= 11 is 10.4. The average molecular weight is 232 g/mol. The highest BCUT2D eigenvalue weighted by molar-refractivity contribution is 7.91. The van der Waals surface area contributed by atoms with Gasteiger partial charge in [0.05, 0.1) is 5.25 Å². The summed E-state index contributed by atoms with van der Waals surface area (Å²) in [5.41, 5.74) is 0. The van der Waals surface area contributed by atoms with E-state index in [0.717, 1.165) is 19.3 Å². The van der Waals surface area contributed by atoms with E-state index in [-0.39, 0.29) is 5.25 Å². The average Bonchev–Trinajstić information content (AvgIpc) is 2.06. The van der Waals surface area contributed by atoms with E-state index in [1.165, 1.54) is 0 Å². The fraction of sp³-hybridized carbons (Fsp3) is 1.00. The van der Waals surface area contributed by atoms with Crippen molar-refractivity contribution in [1.82, 2.24) is 3.34 Å². The fourth-order valence-corrected chi connectivity index (χ4v) is 3.31. The highest BCUT2D eigenvalue weighted by Crippen LogP contribution is 2.27. The summed E-state index contributed by atoms with van der Waals surface area (Å²) in [6, 6.07) is 0. The number of nitrogens with zero attached hydrogens (tertiary/aromatic N) is 1. The molecule has 1 aliphatic carbocycles. The lowest BCUT2D eigenvalue weighted by Gasteiger charge is -2.21. The first kappa shape index (κ1) is 10.6. The molecule has 1 rings (SSSR count). The Balaban J connectivity index is 2.67. The summed E-state index contributed by atoms with van der Waals surface area (Å²) in [5.74, 6) is 0. The lowest BCUT2D eigenvalue weighted by atomic mass is 10.0. The van der Waals surface area contributed by atoms with Crippen molar-refractivity contribution in [2.24, 2.45) is 0 Å². The van der Waals surface area contributed by atoms with E-state index < -0.39 is 10.0 Å². The van der Waals surface area contributed by atoms with E-state index >= 15 is 0 Å². The summed E-state index contributed by atoms with van der Waals surface area (Å²) < 4.78 is 23.0. The lowest BCUT2D eigenvalue weighted by Crippen LogP contribution is -2.29. The van der Waals surface area contributed by atoms with E-state index in [1.807, 2.05) is 0 Å². The van der Waals surface area contributed by atoms with Gasteiger partial charge < -0.3 is 0 Å². The molecule has 0 aromatic heterocycles. The molecule has 3 nitrogen and oxygen atoms in total. The van der Waals surface area contributed by atoms with E-state index in [9.17, 15) is 8.42 Å². The number of hydrogen-bond donors (Lipinski definition) is 0. The predicted molar refractivity (Wildman–Crippen MR) is 49.3 cm³/mol. The molecule has 1 fully saturated rings. The number of hydrogen-bond acceptors (Lipinski definition) is 2. The maximum atomic E-state index is 11.3. The summed E-state index contributed by atoms with van der Waals surface area (Å²) in [6.07, 6.45) is 4.37. The van der Waals surface area contributed by atoms with Crippen molar-refractivity contribution in [3.8, 4) is 0 Å². The Kier molecular flexibility index (Phi) is 3.64. The minimum absolute atomic E-state index is 0.295. The molecule has 12 heavy (non-hydrogen) atoms. The quantitative estimate of drug-likeness (QED) is 0.685. The first-order valence-corrected chi connectivity index (χ1v) is 6.09. The third kappa shape index (κ3) is 2.25.